The zero-order chi connectivity index (χ0) is 41.2. The van der Waals surface area contributed by atoms with E-state index < -0.39 is 66.9 Å². The van der Waals surface area contributed by atoms with Crippen LogP contribution in [0.15, 0.2) is 115 Å². The van der Waals surface area contributed by atoms with Crippen molar-refractivity contribution in [2.75, 3.05) is 13.2 Å². The highest BCUT2D eigenvalue weighted by molar-refractivity contribution is 5.94. The molecule has 0 aliphatic carbocycles. The lowest BCUT2D eigenvalue weighted by molar-refractivity contribution is -0.156. The maximum atomic E-state index is 15.1. The van der Waals surface area contributed by atoms with E-state index in [1.807, 2.05) is 136 Å². The zero-order valence-electron chi connectivity index (χ0n) is 33.3. The van der Waals surface area contributed by atoms with E-state index in [-0.39, 0.29) is 31.8 Å². The van der Waals surface area contributed by atoms with E-state index in [0.29, 0.717) is 12.0 Å². The minimum absolute atomic E-state index is 0.0214. The zero-order valence-corrected chi connectivity index (χ0v) is 33.3. The lowest BCUT2D eigenvalue weighted by Crippen LogP contribution is -2.70. The van der Waals surface area contributed by atoms with Gasteiger partial charge in [-0.3, -0.25) is 19.4 Å². The van der Waals surface area contributed by atoms with Crippen LogP contribution in [0.1, 0.15) is 69.6 Å². The van der Waals surface area contributed by atoms with E-state index in [1.165, 1.54) is 0 Å². The number of carbonyl (C=O) groups excluding carboxylic acids is 4. The fourth-order valence-electron chi connectivity index (χ4n) is 7.02. The van der Waals surface area contributed by atoms with Gasteiger partial charge in [-0.2, -0.15) is 0 Å². The summed E-state index contributed by atoms with van der Waals surface area (Å²) in [6, 6.07) is 33.4. The molecule has 4 atom stereocenters. The maximum absolute atomic E-state index is 15.1. The third kappa shape index (κ3) is 12.3. The molecular formula is C46H58N4O7. The molecule has 6 N–H and O–H groups in total. The number of unbranched alkanes of at least 4 members (excludes halogenated alkanes) is 2. The number of aliphatic hydroxyl groups is 2. The van der Waals surface area contributed by atoms with Gasteiger partial charge in [0.2, 0.25) is 11.8 Å². The highest BCUT2D eigenvalue weighted by atomic mass is 16.5. The van der Waals surface area contributed by atoms with Gasteiger partial charge < -0.3 is 25.6 Å². The summed E-state index contributed by atoms with van der Waals surface area (Å²) >= 11 is 0. The minimum Gasteiger partial charge on any atom is -0.445 e. The van der Waals surface area contributed by atoms with Gasteiger partial charge in [0.15, 0.2) is 5.78 Å². The van der Waals surface area contributed by atoms with Gasteiger partial charge in [-0.1, -0.05) is 149 Å². The molecule has 0 aromatic heterocycles. The van der Waals surface area contributed by atoms with Crippen molar-refractivity contribution in [3.8, 4) is 11.1 Å². The molecule has 0 aliphatic rings. The molecule has 0 fully saturated rings. The number of ether oxygens (including phenoxy) is 1. The molecule has 4 aromatic rings. The van der Waals surface area contributed by atoms with Gasteiger partial charge in [-0.05, 0) is 46.6 Å². The van der Waals surface area contributed by atoms with Crippen molar-refractivity contribution in [1.82, 2.24) is 15.6 Å². The highest BCUT2D eigenvalue weighted by Gasteiger charge is 2.53. The van der Waals surface area contributed by atoms with Crippen molar-refractivity contribution >= 4 is 23.7 Å². The Morgan fingerprint density at radius 1 is 0.772 bits per heavy atom. The first-order valence-electron chi connectivity index (χ1n) is 19.8. The van der Waals surface area contributed by atoms with Gasteiger partial charge in [0.05, 0.1) is 18.7 Å². The first kappa shape index (κ1) is 44.4. The second kappa shape index (κ2) is 22.4. The second-order valence-electron chi connectivity index (χ2n) is 14.8. The van der Waals surface area contributed by atoms with Gasteiger partial charge in [-0.15, -0.1) is 0 Å². The second-order valence-corrected chi connectivity index (χ2v) is 14.8. The van der Waals surface area contributed by atoms with E-state index >= 15 is 4.79 Å². The molecule has 0 heterocycles. The Bertz CT molecular complexity index is 1860. The van der Waals surface area contributed by atoms with Crippen molar-refractivity contribution in [3.63, 3.8) is 0 Å². The minimum atomic E-state index is -2.04. The Balaban J connectivity index is 1.82. The highest BCUT2D eigenvalue weighted by Crippen LogP contribution is 2.36. The molecule has 11 nitrogen and oxygen atoms in total. The number of nitrogens with one attached hydrogen (secondary N) is 2. The number of benzene rings is 4. The third-order valence-corrected chi connectivity index (χ3v) is 10.5. The fourth-order valence-corrected chi connectivity index (χ4v) is 7.02. The number of amides is 3. The van der Waals surface area contributed by atoms with E-state index in [2.05, 4.69) is 10.6 Å². The molecule has 0 saturated heterocycles. The van der Waals surface area contributed by atoms with E-state index in [1.54, 1.807) is 0 Å². The van der Waals surface area contributed by atoms with Crippen molar-refractivity contribution in [3.05, 3.63) is 132 Å². The molecule has 0 radical (unpaired) electrons. The molecule has 4 rings (SSSR count). The van der Waals surface area contributed by atoms with Crippen LogP contribution in [-0.2, 0) is 38.6 Å². The molecule has 0 aliphatic heterocycles. The van der Waals surface area contributed by atoms with Crippen LogP contribution in [0.2, 0.25) is 0 Å². The molecule has 0 bridgehead atoms. The van der Waals surface area contributed by atoms with Crippen LogP contribution in [-0.4, -0.2) is 69.7 Å². The number of hydrogen-bond donors (Lipinski definition) is 5. The Labute approximate surface area is 336 Å². The van der Waals surface area contributed by atoms with Crippen LogP contribution in [0.5, 0.6) is 0 Å². The number of carbonyl (C=O) groups is 4. The van der Waals surface area contributed by atoms with Gasteiger partial charge in [-0.25, -0.2) is 10.6 Å². The van der Waals surface area contributed by atoms with Crippen molar-refractivity contribution in [2.24, 2.45) is 17.7 Å². The molecular weight excluding hydrogens is 721 g/mol. The van der Waals surface area contributed by atoms with Crippen molar-refractivity contribution in [2.45, 2.75) is 89.9 Å². The molecule has 57 heavy (non-hydrogen) atoms. The fraction of sp³-hybridized carbons (Fsp3) is 0.391. The maximum Gasteiger partial charge on any atom is 0.408 e. The normalized spacial score (nSPS) is 13.8. The summed E-state index contributed by atoms with van der Waals surface area (Å²) in [6.07, 6.45) is 0.802. The van der Waals surface area contributed by atoms with Crippen molar-refractivity contribution in [1.29, 1.82) is 0 Å². The molecule has 0 saturated carbocycles. The standard InChI is InChI=1S/C46H58N4O7/c1-4-5-9-26-43(54)50(47)46(44(55)48-41(31-52)33(2)3,29-37-24-16-17-25-39(37)36-22-14-8-15-23-36)38(30-51)28-42(53)40(27-34-18-10-6-11-19-34)49-45(56)57-32-35-20-12-7-13-21-35/h6-8,10-25,33,38,40-41,51-52H,4-5,9,26-32,47H2,1-3H3,(H,48,55)(H,49,56)/t38?,40-,41?,46+/m0/s1. The largest absolute Gasteiger partial charge is 0.445 e. The predicted octanol–water partition coefficient (Wildman–Crippen LogP) is 6.16. The number of Topliss-reactive ketones (excluding diaryl/α,β-unsaturated/α-hetero) is 1. The summed E-state index contributed by atoms with van der Waals surface area (Å²) in [6.45, 7) is 4.55. The van der Waals surface area contributed by atoms with Crippen LogP contribution < -0.4 is 16.5 Å². The van der Waals surface area contributed by atoms with Crippen LogP contribution >= 0.6 is 0 Å². The number of alkyl carbamates (subject to hydrolysis) is 1. The van der Waals surface area contributed by atoms with Gasteiger partial charge >= 0.3 is 6.09 Å². The smallest absolute Gasteiger partial charge is 0.408 e. The predicted molar refractivity (Wildman–Crippen MR) is 221 cm³/mol. The molecule has 4 aromatic carbocycles. The Hall–Kier alpha value is -5.36. The van der Waals surface area contributed by atoms with Crippen LogP contribution in [0.4, 0.5) is 4.79 Å². The average molecular weight is 779 g/mol. The summed E-state index contributed by atoms with van der Waals surface area (Å²) < 4.78 is 5.50. The Kier molecular flexibility index (Phi) is 17.4. The quantitative estimate of drug-likeness (QED) is 0.0274. The SMILES string of the molecule is CCCCCC(=O)N(N)[C@@](Cc1ccccc1-c1ccccc1)(C(=O)NC(CO)C(C)C)C(CO)CC(=O)[C@H](Cc1ccccc1)NC(=O)OCc1ccccc1. The van der Waals surface area contributed by atoms with Gasteiger partial charge in [0.1, 0.15) is 12.1 Å². The van der Waals surface area contributed by atoms with Crippen molar-refractivity contribution < 1.29 is 34.1 Å². The number of rotatable bonds is 22. The third-order valence-electron chi connectivity index (χ3n) is 10.5. The first-order valence-corrected chi connectivity index (χ1v) is 19.8. The summed E-state index contributed by atoms with van der Waals surface area (Å²) in [4.78, 5) is 57.1. The number of hydrazine groups is 1. The lowest BCUT2D eigenvalue weighted by atomic mass is 9.73. The number of aliphatic hydroxyl groups excluding tert-OH is 2. The van der Waals surface area contributed by atoms with Crippen LogP contribution in [0.25, 0.3) is 11.1 Å². The molecule has 11 heteroatoms. The van der Waals surface area contributed by atoms with Crippen LogP contribution in [0.3, 0.4) is 0 Å². The summed E-state index contributed by atoms with van der Waals surface area (Å²) in [5, 5.41) is 28.3. The lowest BCUT2D eigenvalue weighted by Gasteiger charge is -2.46. The first-order chi connectivity index (χ1) is 27.5. The Morgan fingerprint density at radius 3 is 1.96 bits per heavy atom. The van der Waals surface area contributed by atoms with E-state index in [4.69, 9.17) is 10.6 Å². The molecule has 304 valence electrons. The van der Waals surface area contributed by atoms with Gasteiger partial charge in [0, 0.05) is 31.8 Å². The monoisotopic (exact) mass is 778 g/mol. The number of nitrogens with zero attached hydrogens (tertiary/aromatic N) is 1. The molecule has 0 spiro atoms. The van der Waals surface area contributed by atoms with Gasteiger partial charge in [0.25, 0.3) is 0 Å². The van der Waals surface area contributed by atoms with Crippen LogP contribution in [0, 0.1) is 11.8 Å². The average Bonchev–Trinajstić information content (AvgIpc) is 3.23. The number of nitrogens with two attached hydrogens (primary N) is 1. The summed E-state index contributed by atoms with van der Waals surface area (Å²) in [5.41, 5.74) is 1.77. The molecule has 2 unspecified atom stereocenters. The number of ketones is 1. The Morgan fingerprint density at radius 2 is 1.37 bits per heavy atom. The summed E-state index contributed by atoms with van der Waals surface area (Å²) in [7, 11) is 0. The topological polar surface area (TPSA) is 171 Å². The van der Waals surface area contributed by atoms with E-state index in [0.717, 1.165) is 40.1 Å². The number of hydrogen-bond acceptors (Lipinski definition) is 8. The van der Waals surface area contributed by atoms with E-state index in [9.17, 15) is 24.6 Å². The molecule has 3 amide bonds. The summed E-state index contributed by atoms with van der Waals surface area (Å²) in [5.74, 6) is 3.66.